The molecule has 0 radical (unpaired) electrons. The molecular formula is C18H38. The first-order valence-electron chi connectivity index (χ1n) is 8.32. The second-order valence-electron chi connectivity index (χ2n) is 6.95. The molecule has 0 aromatic carbocycles. The molecule has 0 saturated heterocycles. The third-order valence-electron chi connectivity index (χ3n) is 6.67. The molecule has 0 spiro atoms. The van der Waals surface area contributed by atoms with Crippen LogP contribution >= 0.6 is 0 Å². The van der Waals surface area contributed by atoms with Crippen molar-refractivity contribution in [1.29, 1.82) is 0 Å². The zero-order valence-electron chi connectivity index (χ0n) is 14.4. The lowest BCUT2D eigenvalue weighted by Gasteiger charge is -2.52. The molecule has 0 atom stereocenters. The van der Waals surface area contributed by atoms with Crippen LogP contribution in [0.2, 0.25) is 0 Å². The van der Waals surface area contributed by atoms with Crippen molar-refractivity contribution >= 4 is 0 Å². The Morgan fingerprint density at radius 3 is 1.17 bits per heavy atom. The fourth-order valence-electron chi connectivity index (χ4n) is 3.88. The summed E-state index contributed by atoms with van der Waals surface area (Å²) < 4.78 is 0. The minimum absolute atomic E-state index is 0.502. The molecule has 0 N–H and O–H groups in total. The Morgan fingerprint density at radius 2 is 0.944 bits per heavy atom. The van der Waals surface area contributed by atoms with Crippen LogP contribution in [0.1, 0.15) is 100 Å². The summed E-state index contributed by atoms with van der Waals surface area (Å²) in [4.78, 5) is 0. The van der Waals surface area contributed by atoms with Gasteiger partial charge in [0, 0.05) is 0 Å². The summed E-state index contributed by atoms with van der Waals surface area (Å²) in [7, 11) is 0. The third kappa shape index (κ3) is 3.31. The normalized spacial score (nSPS) is 14.0. The lowest BCUT2D eigenvalue weighted by atomic mass is 9.53. The molecule has 0 heteroatoms. The van der Waals surface area contributed by atoms with Crippen molar-refractivity contribution in [1.82, 2.24) is 0 Å². The van der Waals surface area contributed by atoms with E-state index >= 15 is 0 Å². The average molecular weight is 255 g/mol. The van der Waals surface area contributed by atoms with E-state index in [2.05, 4.69) is 55.4 Å². The van der Waals surface area contributed by atoms with Gasteiger partial charge in [0.05, 0.1) is 0 Å². The summed E-state index contributed by atoms with van der Waals surface area (Å²) in [6, 6.07) is 0. The van der Waals surface area contributed by atoms with E-state index in [9.17, 15) is 0 Å². The van der Waals surface area contributed by atoms with Gasteiger partial charge in [0.15, 0.2) is 0 Å². The van der Waals surface area contributed by atoms with Gasteiger partial charge in [-0.05, 0) is 35.5 Å². The summed E-state index contributed by atoms with van der Waals surface area (Å²) in [6.45, 7) is 19.4. The molecule has 0 aromatic rings. The summed E-state index contributed by atoms with van der Waals surface area (Å²) in [5, 5.41) is 0. The molecule has 0 heterocycles. The Morgan fingerprint density at radius 1 is 0.556 bits per heavy atom. The van der Waals surface area contributed by atoms with Crippen molar-refractivity contribution in [3.63, 3.8) is 0 Å². The summed E-state index contributed by atoms with van der Waals surface area (Å²) in [6.07, 6.45) is 9.32. The van der Waals surface area contributed by atoms with Gasteiger partial charge >= 0.3 is 0 Å². The second-order valence-corrected chi connectivity index (χ2v) is 6.95. The van der Waals surface area contributed by atoms with E-state index in [4.69, 9.17) is 0 Å². The molecule has 0 fully saturated rings. The molecule has 0 unspecified atom stereocenters. The molecule has 0 rings (SSSR count). The monoisotopic (exact) mass is 254 g/mol. The Balaban J connectivity index is 5.39. The lowest BCUT2D eigenvalue weighted by molar-refractivity contribution is -0.0180. The molecular weight excluding hydrogens is 216 g/mol. The van der Waals surface area contributed by atoms with Crippen LogP contribution in [0.5, 0.6) is 0 Å². The van der Waals surface area contributed by atoms with Gasteiger partial charge in [0.1, 0.15) is 0 Å². The Labute approximate surface area is 117 Å². The molecule has 0 amide bonds. The van der Waals surface area contributed by atoms with E-state index in [0.29, 0.717) is 16.2 Å². The van der Waals surface area contributed by atoms with Crippen LogP contribution in [0.15, 0.2) is 0 Å². The highest BCUT2D eigenvalue weighted by Crippen LogP contribution is 2.56. The fraction of sp³-hybridized carbons (Fsp3) is 1.00. The maximum Gasteiger partial charge on any atom is -0.0244 e. The van der Waals surface area contributed by atoms with E-state index in [-0.39, 0.29) is 0 Å². The van der Waals surface area contributed by atoms with Gasteiger partial charge in [-0.1, -0.05) is 81.1 Å². The van der Waals surface area contributed by atoms with Crippen LogP contribution in [0.4, 0.5) is 0 Å². The van der Waals surface area contributed by atoms with Crippen molar-refractivity contribution in [2.75, 3.05) is 0 Å². The maximum atomic E-state index is 2.53. The largest absolute Gasteiger partial charge is 0.0649 e. The quantitative estimate of drug-likeness (QED) is 0.423. The van der Waals surface area contributed by atoms with Crippen molar-refractivity contribution < 1.29 is 0 Å². The van der Waals surface area contributed by atoms with Crippen LogP contribution in [0.3, 0.4) is 0 Å². The highest BCUT2D eigenvalue weighted by atomic mass is 14.5. The van der Waals surface area contributed by atoms with E-state index in [1.54, 1.807) is 0 Å². The van der Waals surface area contributed by atoms with E-state index in [1.807, 2.05) is 0 Å². The fourth-order valence-corrected chi connectivity index (χ4v) is 3.88. The van der Waals surface area contributed by atoms with Gasteiger partial charge in [0.2, 0.25) is 0 Å². The van der Waals surface area contributed by atoms with Crippen molar-refractivity contribution in [3.05, 3.63) is 0 Å². The van der Waals surface area contributed by atoms with Crippen molar-refractivity contribution in [2.24, 2.45) is 16.2 Å². The Kier molecular flexibility index (Phi) is 6.96. The highest BCUT2D eigenvalue weighted by Gasteiger charge is 2.46. The predicted octanol–water partition coefficient (Wildman–Crippen LogP) is 6.84. The number of hydrogen-bond donors (Lipinski definition) is 0. The standard InChI is InChI=1S/C18H38/c1-9-16(7,10-2)15-18(13-5,14-6)17(8,11-3)12-4/h9-15H2,1-8H3. The minimum Gasteiger partial charge on any atom is -0.0649 e. The van der Waals surface area contributed by atoms with Gasteiger partial charge in [-0.3, -0.25) is 0 Å². The highest BCUT2D eigenvalue weighted by molar-refractivity contribution is 4.96. The van der Waals surface area contributed by atoms with Crippen LogP contribution in [0.25, 0.3) is 0 Å². The van der Waals surface area contributed by atoms with Crippen LogP contribution in [0, 0.1) is 16.2 Å². The molecule has 0 bridgehead atoms. The Hall–Kier alpha value is 0. The van der Waals surface area contributed by atoms with Crippen LogP contribution < -0.4 is 0 Å². The topological polar surface area (TPSA) is 0 Å². The molecule has 18 heavy (non-hydrogen) atoms. The molecule has 0 aliphatic heterocycles. The van der Waals surface area contributed by atoms with Gasteiger partial charge in [-0.25, -0.2) is 0 Å². The van der Waals surface area contributed by atoms with Crippen LogP contribution in [-0.2, 0) is 0 Å². The van der Waals surface area contributed by atoms with Gasteiger partial charge in [-0.2, -0.15) is 0 Å². The summed E-state index contributed by atoms with van der Waals surface area (Å²) in [5.74, 6) is 0. The first kappa shape index (κ1) is 18.0. The smallest absolute Gasteiger partial charge is 0.0244 e. The van der Waals surface area contributed by atoms with Gasteiger partial charge in [0.25, 0.3) is 0 Å². The Bertz CT molecular complexity index is 214. The zero-order valence-corrected chi connectivity index (χ0v) is 14.4. The first-order chi connectivity index (χ1) is 8.32. The molecule has 110 valence electrons. The maximum absolute atomic E-state index is 2.53. The SMILES string of the molecule is CCC(C)(CC)CC(CC)(CC)C(C)(CC)CC. The molecule has 0 aliphatic carbocycles. The number of hydrogen-bond acceptors (Lipinski definition) is 0. The van der Waals surface area contributed by atoms with E-state index < -0.39 is 0 Å². The van der Waals surface area contributed by atoms with Crippen molar-refractivity contribution in [2.45, 2.75) is 100 Å². The van der Waals surface area contributed by atoms with Crippen molar-refractivity contribution in [3.8, 4) is 0 Å². The lowest BCUT2D eigenvalue weighted by Crippen LogP contribution is -2.42. The molecule has 0 saturated carbocycles. The van der Waals surface area contributed by atoms with E-state index in [0.717, 1.165) is 0 Å². The zero-order chi connectivity index (χ0) is 14.4. The summed E-state index contributed by atoms with van der Waals surface area (Å²) in [5.41, 5.74) is 1.55. The third-order valence-corrected chi connectivity index (χ3v) is 6.67. The number of rotatable bonds is 9. The van der Waals surface area contributed by atoms with Gasteiger partial charge < -0.3 is 0 Å². The van der Waals surface area contributed by atoms with Crippen LogP contribution in [-0.4, -0.2) is 0 Å². The first-order valence-corrected chi connectivity index (χ1v) is 8.32. The van der Waals surface area contributed by atoms with E-state index in [1.165, 1.54) is 44.9 Å². The molecule has 0 nitrogen and oxygen atoms in total. The predicted molar refractivity (Wildman–Crippen MR) is 85.0 cm³/mol. The second kappa shape index (κ2) is 6.96. The average Bonchev–Trinajstić information content (AvgIpc) is 2.43. The molecule has 0 aromatic heterocycles. The van der Waals surface area contributed by atoms with Gasteiger partial charge in [-0.15, -0.1) is 0 Å². The molecule has 0 aliphatic rings. The summed E-state index contributed by atoms with van der Waals surface area (Å²) >= 11 is 0. The minimum atomic E-state index is 0.502.